The normalized spacial score (nSPS) is 11.4. The molecule has 0 atom stereocenters. The highest BCUT2D eigenvalue weighted by Crippen LogP contribution is 2.24. The van der Waals surface area contributed by atoms with E-state index in [1.165, 1.54) is 12.1 Å². The van der Waals surface area contributed by atoms with Crippen LogP contribution in [-0.2, 0) is 22.0 Å². The number of benzene rings is 2. The van der Waals surface area contributed by atoms with Crippen LogP contribution in [0.15, 0.2) is 47.4 Å². The second-order valence-corrected chi connectivity index (χ2v) is 7.14. The number of hydrogen-bond donors (Lipinski definition) is 0. The first-order valence-corrected chi connectivity index (χ1v) is 8.63. The second kappa shape index (κ2) is 6.50. The number of halogens is 1. The van der Waals surface area contributed by atoms with Gasteiger partial charge in [0.1, 0.15) is 5.75 Å². The van der Waals surface area contributed by atoms with Crippen molar-refractivity contribution >= 4 is 21.4 Å². The molecular formula is C16H17ClO3S. The number of rotatable bonds is 5. The quantitative estimate of drug-likeness (QED) is 0.838. The zero-order valence-corrected chi connectivity index (χ0v) is 13.5. The van der Waals surface area contributed by atoms with Gasteiger partial charge in [0.25, 0.3) is 0 Å². The summed E-state index contributed by atoms with van der Waals surface area (Å²) in [5.74, 6) is 0.663. The van der Waals surface area contributed by atoms with Crippen LogP contribution < -0.4 is 4.74 Å². The topological polar surface area (TPSA) is 43.4 Å². The van der Waals surface area contributed by atoms with Gasteiger partial charge in [-0.15, -0.1) is 0 Å². The van der Waals surface area contributed by atoms with Crippen molar-refractivity contribution in [1.82, 2.24) is 0 Å². The molecule has 2 aromatic carbocycles. The molecule has 0 aromatic heterocycles. The highest BCUT2D eigenvalue weighted by atomic mass is 35.5. The minimum absolute atomic E-state index is 0.0605. The van der Waals surface area contributed by atoms with E-state index >= 15 is 0 Å². The Bertz CT molecular complexity index is 722. The molecule has 21 heavy (non-hydrogen) atoms. The maximum atomic E-state index is 12.4. The van der Waals surface area contributed by atoms with E-state index in [0.717, 1.165) is 17.7 Å². The highest BCUT2D eigenvalue weighted by molar-refractivity contribution is 7.90. The van der Waals surface area contributed by atoms with Crippen molar-refractivity contribution in [2.75, 3.05) is 7.11 Å². The molecule has 0 heterocycles. The van der Waals surface area contributed by atoms with Gasteiger partial charge in [0.2, 0.25) is 0 Å². The molecule has 0 radical (unpaired) electrons. The van der Waals surface area contributed by atoms with Crippen molar-refractivity contribution in [3.63, 3.8) is 0 Å². The fourth-order valence-electron chi connectivity index (χ4n) is 2.12. The van der Waals surface area contributed by atoms with Gasteiger partial charge in [-0.25, -0.2) is 8.42 Å². The molecule has 0 aliphatic rings. The predicted molar refractivity (Wildman–Crippen MR) is 84.7 cm³/mol. The Hall–Kier alpha value is -1.52. The van der Waals surface area contributed by atoms with E-state index in [9.17, 15) is 8.42 Å². The first kappa shape index (κ1) is 15.9. The monoisotopic (exact) mass is 324 g/mol. The van der Waals surface area contributed by atoms with Crippen molar-refractivity contribution in [3.8, 4) is 5.75 Å². The zero-order chi connectivity index (χ0) is 15.5. The summed E-state index contributed by atoms with van der Waals surface area (Å²) in [4.78, 5) is 0.269. The van der Waals surface area contributed by atoms with E-state index in [0.29, 0.717) is 10.6 Å². The lowest BCUT2D eigenvalue weighted by atomic mass is 10.1. The van der Waals surface area contributed by atoms with Crippen LogP contribution >= 0.6 is 11.6 Å². The smallest absolute Gasteiger partial charge is 0.182 e. The van der Waals surface area contributed by atoms with Crippen LogP contribution in [0.1, 0.15) is 18.1 Å². The Balaban J connectivity index is 2.30. The lowest BCUT2D eigenvalue weighted by Crippen LogP contribution is -2.05. The molecule has 0 aliphatic heterocycles. The Labute approximate surface area is 130 Å². The van der Waals surface area contributed by atoms with Crippen LogP contribution in [0.2, 0.25) is 5.02 Å². The maximum Gasteiger partial charge on any atom is 0.182 e. The summed E-state index contributed by atoms with van der Waals surface area (Å²) >= 11 is 5.78. The second-order valence-electron chi connectivity index (χ2n) is 4.71. The van der Waals surface area contributed by atoms with Crippen molar-refractivity contribution in [2.45, 2.75) is 24.0 Å². The SMILES string of the molecule is CCc1ccc(CS(=O)(=O)c2ccc(Cl)cc2)cc1OC. The van der Waals surface area contributed by atoms with E-state index in [2.05, 4.69) is 0 Å². The van der Waals surface area contributed by atoms with Gasteiger partial charge < -0.3 is 4.74 Å². The van der Waals surface area contributed by atoms with E-state index in [1.807, 2.05) is 19.1 Å². The molecule has 0 N–H and O–H groups in total. The van der Waals surface area contributed by atoms with Crippen molar-refractivity contribution in [1.29, 1.82) is 0 Å². The molecule has 2 rings (SSSR count). The van der Waals surface area contributed by atoms with Gasteiger partial charge in [-0.3, -0.25) is 0 Å². The lowest BCUT2D eigenvalue weighted by Gasteiger charge is -2.10. The maximum absolute atomic E-state index is 12.4. The summed E-state index contributed by atoms with van der Waals surface area (Å²) < 4.78 is 30.1. The Morgan fingerprint density at radius 1 is 1.10 bits per heavy atom. The minimum Gasteiger partial charge on any atom is -0.496 e. The zero-order valence-electron chi connectivity index (χ0n) is 12.0. The highest BCUT2D eigenvalue weighted by Gasteiger charge is 2.16. The fraction of sp³-hybridized carbons (Fsp3) is 0.250. The molecule has 0 saturated carbocycles. The third-order valence-electron chi connectivity index (χ3n) is 3.26. The molecule has 0 spiro atoms. The van der Waals surface area contributed by atoms with Gasteiger partial charge in [-0.2, -0.15) is 0 Å². The summed E-state index contributed by atoms with van der Waals surface area (Å²) in [6.45, 7) is 2.03. The van der Waals surface area contributed by atoms with Crippen LogP contribution in [0.25, 0.3) is 0 Å². The summed E-state index contributed by atoms with van der Waals surface area (Å²) in [5, 5.41) is 0.517. The molecule has 112 valence electrons. The Kier molecular flexibility index (Phi) is 4.91. The summed E-state index contributed by atoms with van der Waals surface area (Å²) in [6.07, 6.45) is 0.841. The first-order valence-electron chi connectivity index (χ1n) is 6.60. The largest absolute Gasteiger partial charge is 0.496 e. The standard InChI is InChI=1S/C16H17ClO3S/c1-3-13-5-4-12(10-16(13)20-2)11-21(18,19)15-8-6-14(17)7-9-15/h4-10H,3,11H2,1-2H3. The molecule has 0 amide bonds. The Morgan fingerprint density at radius 2 is 1.76 bits per heavy atom. The summed E-state index contributed by atoms with van der Waals surface area (Å²) in [6, 6.07) is 11.7. The van der Waals surface area contributed by atoms with Crippen LogP contribution in [0, 0.1) is 0 Å². The number of aryl methyl sites for hydroxylation is 1. The van der Waals surface area contributed by atoms with E-state index in [4.69, 9.17) is 16.3 Å². The van der Waals surface area contributed by atoms with E-state index in [-0.39, 0.29) is 10.6 Å². The van der Waals surface area contributed by atoms with Crippen LogP contribution in [0.3, 0.4) is 0 Å². The van der Waals surface area contributed by atoms with Crippen molar-refractivity contribution in [2.24, 2.45) is 0 Å². The predicted octanol–water partition coefficient (Wildman–Crippen LogP) is 3.88. The molecule has 0 saturated heterocycles. The number of methoxy groups -OCH3 is 1. The van der Waals surface area contributed by atoms with Crippen molar-refractivity contribution in [3.05, 3.63) is 58.6 Å². The fourth-order valence-corrected chi connectivity index (χ4v) is 3.58. The van der Waals surface area contributed by atoms with Gasteiger partial charge in [-0.05, 0) is 47.9 Å². The summed E-state index contributed by atoms with van der Waals surface area (Å²) in [5.41, 5.74) is 1.77. The average molecular weight is 325 g/mol. The van der Waals surface area contributed by atoms with Gasteiger partial charge in [0.05, 0.1) is 17.8 Å². The van der Waals surface area contributed by atoms with Crippen LogP contribution in [0.4, 0.5) is 0 Å². The number of ether oxygens (including phenoxy) is 1. The molecule has 0 bridgehead atoms. The van der Waals surface area contributed by atoms with Gasteiger partial charge in [-0.1, -0.05) is 30.7 Å². The lowest BCUT2D eigenvalue weighted by molar-refractivity contribution is 0.410. The molecular weight excluding hydrogens is 308 g/mol. The average Bonchev–Trinajstić information content (AvgIpc) is 2.47. The van der Waals surface area contributed by atoms with Crippen LogP contribution in [0.5, 0.6) is 5.75 Å². The van der Waals surface area contributed by atoms with Crippen molar-refractivity contribution < 1.29 is 13.2 Å². The van der Waals surface area contributed by atoms with Gasteiger partial charge in [0.15, 0.2) is 9.84 Å². The molecule has 0 unspecified atom stereocenters. The minimum atomic E-state index is -3.39. The molecule has 2 aromatic rings. The molecule has 0 fully saturated rings. The van der Waals surface area contributed by atoms with Crippen LogP contribution in [-0.4, -0.2) is 15.5 Å². The third-order valence-corrected chi connectivity index (χ3v) is 5.22. The Morgan fingerprint density at radius 3 is 2.33 bits per heavy atom. The molecule has 5 heteroatoms. The van der Waals surface area contributed by atoms with E-state index < -0.39 is 9.84 Å². The first-order chi connectivity index (χ1) is 9.96. The molecule has 0 aliphatic carbocycles. The summed E-state index contributed by atoms with van der Waals surface area (Å²) in [7, 11) is -1.80. The van der Waals surface area contributed by atoms with Gasteiger partial charge >= 0.3 is 0 Å². The number of hydrogen-bond acceptors (Lipinski definition) is 3. The molecule has 3 nitrogen and oxygen atoms in total. The number of sulfone groups is 1. The third kappa shape index (κ3) is 3.77. The van der Waals surface area contributed by atoms with E-state index in [1.54, 1.807) is 25.3 Å². The van der Waals surface area contributed by atoms with Gasteiger partial charge in [0, 0.05) is 5.02 Å².